The molecule has 1 amide bonds. The van der Waals surface area contributed by atoms with E-state index < -0.39 is 17.3 Å². The van der Waals surface area contributed by atoms with Gasteiger partial charge in [-0.3, -0.25) is 9.59 Å². The van der Waals surface area contributed by atoms with Gasteiger partial charge in [-0.05, 0) is 31.2 Å². The molecule has 0 spiro atoms. The predicted octanol–water partition coefficient (Wildman–Crippen LogP) is 1.05. The Morgan fingerprint density at radius 2 is 2.07 bits per heavy atom. The number of fused-ring (bicyclic) bond motifs is 1. The smallest absolute Gasteiger partial charge is 0.281 e. The highest BCUT2D eigenvalue weighted by Gasteiger charge is 2.15. The van der Waals surface area contributed by atoms with Gasteiger partial charge in [0.2, 0.25) is 5.91 Å². The van der Waals surface area contributed by atoms with Gasteiger partial charge < -0.3 is 9.84 Å². The minimum atomic E-state index is -0.528. The Morgan fingerprint density at radius 3 is 2.78 bits per heavy atom. The van der Waals surface area contributed by atoms with E-state index >= 15 is 0 Å². The molecule has 0 aliphatic heterocycles. The Kier molecular flexibility index (Phi) is 3.95. The molecule has 0 aliphatic rings. The molecule has 0 aliphatic carbocycles. The molecule has 0 saturated heterocycles. The number of anilines is 1. The van der Waals surface area contributed by atoms with Gasteiger partial charge >= 0.3 is 0 Å². The molecule has 4 aromatic rings. The standard InChI is InChI=1S/C16H12FN7O3/c1-9-6-13(21-27-9)19-14(25)8-23-16(26)12-7-18-24(15(12)20-22-23)11-4-2-10(17)3-5-11/h2-7H,8H2,1H3,(H,19,21,25). The zero-order valence-corrected chi connectivity index (χ0v) is 14.0. The van der Waals surface area contributed by atoms with Crippen molar-refractivity contribution in [2.24, 2.45) is 0 Å². The fraction of sp³-hybridized carbons (Fsp3) is 0.125. The molecule has 4 rings (SSSR count). The highest BCUT2D eigenvalue weighted by atomic mass is 19.1. The summed E-state index contributed by atoms with van der Waals surface area (Å²) < 4.78 is 20.2. The topological polar surface area (TPSA) is 121 Å². The summed E-state index contributed by atoms with van der Waals surface area (Å²) in [6, 6.07) is 7.09. The van der Waals surface area contributed by atoms with Crippen LogP contribution >= 0.6 is 0 Å². The Labute approximate surface area is 150 Å². The molecule has 0 fully saturated rings. The second kappa shape index (κ2) is 6.44. The van der Waals surface area contributed by atoms with Crippen molar-refractivity contribution >= 4 is 22.8 Å². The normalized spacial score (nSPS) is 11.0. The maximum atomic E-state index is 13.1. The second-order valence-electron chi connectivity index (χ2n) is 5.69. The van der Waals surface area contributed by atoms with Gasteiger partial charge in [-0.25, -0.2) is 13.8 Å². The number of aryl methyl sites for hydroxylation is 1. The number of carbonyl (C=O) groups is 1. The Morgan fingerprint density at radius 1 is 1.30 bits per heavy atom. The molecule has 0 bridgehead atoms. The summed E-state index contributed by atoms with van der Waals surface area (Å²) in [5, 5.41) is 18.2. The van der Waals surface area contributed by atoms with Crippen LogP contribution in [0.4, 0.5) is 10.2 Å². The largest absolute Gasteiger partial charge is 0.360 e. The number of amides is 1. The molecule has 3 aromatic heterocycles. The lowest BCUT2D eigenvalue weighted by molar-refractivity contribution is -0.117. The van der Waals surface area contributed by atoms with Crippen molar-refractivity contribution in [2.45, 2.75) is 13.5 Å². The van der Waals surface area contributed by atoms with Gasteiger partial charge in [0.25, 0.3) is 5.56 Å². The molecule has 11 heteroatoms. The van der Waals surface area contributed by atoms with Gasteiger partial charge in [0.15, 0.2) is 11.5 Å². The van der Waals surface area contributed by atoms with Crippen molar-refractivity contribution < 1.29 is 13.7 Å². The quantitative estimate of drug-likeness (QED) is 0.571. The molecular weight excluding hydrogens is 357 g/mol. The van der Waals surface area contributed by atoms with Gasteiger partial charge in [0.05, 0.1) is 11.9 Å². The van der Waals surface area contributed by atoms with E-state index in [4.69, 9.17) is 4.52 Å². The summed E-state index contributed by atoms with van der Waals surface area (Å²) in [4.78, 5) is 24.6. The monoisotopic (exact) mass is 369 g/mol. The number of benzene rings is 1. The first-order valence-corrected chi connectivity index (χ1v) is 7.82. The van der Waals surface area contributed by atoms with Crippen LogP contribution < -0.4 is 10.9 Å². The first kappa shape index (κ1) is 16.6. The van der Waals surface area contributed by atoms with E-state index in [9.17, 15) is 14.0 Å². The average Bonchev–Trinajstić information content (AvgIpc) is 3.25. The lowest BCUT2D eigenvalue weighted by atomic mass is 10.3. The highest BCUT2D eigenvalue weighted by molar-refractivity contribution is 5.89. The number of hydrogen-bond donors (Lipinski definition) is 1. The summed E-state index contributed by atoms with van der Waals surface area (Å²) in [6.07, 6.45) is 1.32. The van der Waals surface area contributed by atoms with E-state index in [1.807, 2.05) is 0 Å². The first-order chi connectivity index (χ1) is 13.0. The molecule has 1 aromatic carbocycles. The number of carbonyl (C=O) groups excluding carboxylic acids is 1. The summed E-state index contributed by atoms with van der Waals surface area (Å²) in [6.45, 7) is 1.33. The van der Waals surface area contributed by atoms with Crippen LogP contribution in [0.5, 0.6) is 0 Å². The minimum Gasteiger partial charge on any atom is -0.360 e. The number of hydrogen-bond acceptors (Lipinski definition) is 7. The fourth-order valence-electron chi connectivity index (χ4n) is 2.48. The van der Waals surface area contributed by atoms with Crippen LogP contribution in [0.15, 0.2) is 45.8 Å². The van der Waals surface area contributed by atoms with E-state index in [-0.39, 0.29) is 23.4 Å². The van der Waals surface area contributed by atoms with Crippen molar-refractivity contribution in [3.63, 3.8) is 0 Å². The van der Waals surface area contributed by atoms with E-state index in [0.717, 1.165) is 4.68 Å². The van der Waals surface area contributed by atoms with Crippen LogP contribution in [0, 0.1) is 12.7 Å². The fourth-order valence-corrected chi connectivity index (χ4v) is 2.48. The summed E-state index contributed by atoms with van der Waals surface area (Å²) in [7, 11) is 0. The molecule has 1 N–H and O–H groups in total. The summed E-state index contributed by atoms with van der Waals surface area (Å²) in [5.74, 6) is -0.123. The molecule has 0 atom stereocenters. The van der Waals surface area contributed by atoms with E-state index in [1.54, 1.807) is 13.0 Å². The Bertz CT molecular complexity index is 1190. The number of halogens is 1. The molecule has 10 nitrogen and oxygen atoms in total. The third-order valence-electron chi connectivity index (χ3n) is 3.72. The number of rotatable bonds is 4. The number of nitrogens with zero attached hydrogens (tertiary/aromatic N) is 6. The van der Waals surface area contributed by atoms with Gasteiger partial charge in [0, 0.05) is 6.07 Å². The zero-order valence-electron chi connectivity index (χ0n) is 14.0. The Balaban J connectivity index is 1.62. The number of aromatic nitrogens is 6. The van der Waals surface area contributed by atoms with Crippen LogP contribution in [0.25, 0.3) is 16.7 Å². The number of nitrogens with one attached hydrogen (secondary N) is 1. The summed E-state index contributed by atoms with van der Waals surface area (Å²) in [5.41, 5.74) is 0.201. The molecular formula is C16H12FN7O3. The zero-order chi connectivity index (χ0) is 19.0. The molecule has 3 heterocycles. The van der Waals surface area contributed by atoms with E-state index in [0.29, 0.717) is 11.4 Å². The Hall–Kier alpha value is -3.89. The van der Waals surface area contributed by atoms with Crippen LogP contribution in [0.2, 0.25) is 0 Å². The molecule has 0 radical (unpaired) electrons. The van der Waals surface area contributed by atoms with E-state index in [2.05, 4.69) is 25.9 Å². The lowest BCUT2D eigenvalue weighted by Gasteiger charge is -2.04. The summed E-state index contributed by atoms with van der Waals surface area (Å²) >= 11 is 0. The SMILES string of the molecule is Cc1cc(NC(=O)Cn2nnc3c(cnn3-c3ccc(F)cc3)c2=O)no1. The van der Waals surface area contributed by atoms with Crippen LogP contribution in [-0.2, 0) is 11.3 Å². The van der Waals surface area contributed by atoms with Gasteiger partial charge in [0.1, 0.15) is 23.5 Å². The van der Waals surface area contributed by atoms with Crippen molar-refractivity contribution in [3.8, 4) is 5.69 Å². The predicted molar refractivity (Wildman–Crippen MR) is 90.7 cm³/mol. The lowest BCUT2D eigenvalue weighted by Crippen LogP contribution is -2.30. The van der Waals surface area contributed by atoms with Gasteiger partial charge in [-0.15, -0.1) is 5.10 Å². The third kappa shape index (κ3) is 3.17. The van der Waals surface area contributed by atoms with Crippen molar-refractivity contribution in [1.82, 2.24) is 29.9 Å². The molecule has 136 valence electrons. The maximum Gasteiger partial charge on any atom is 0.281 e. The van der Waals surface area contributed by atoms with E-state index in [1.165, 1.54) is 35.1 Å². The minimum absolute atomic E-state index is 0.180. The molecule has 0 saturated carbocycles. The van der Waals surface area contributed by atoms with Crippen LogP contribution in [0.3, 0.4) is 0 Å². The van der Waals surface area contributed by atoms with Gasteiger partial charge in [-0.1, -0.05) is 10.4 Å². The van der Waals surface area contributed by atoms with Crippen LogP contribution in [-0.4, -0.2) is 35.8 Å². The van der Waals surface area contributed by atoms with Crippen molar-refractivity contribution in [1.29, 1.82) is 0 Å². The molecule has 0 unspecified atom stereocenters. The van der Waals surface area contributed by atoms with Gasteiger partial charge in [-0.2, -0.15) is 5.10 Å². The van der Waals surface area contributed by atoms with Crippen molar-refractivity contribution in [2.75, 3.05) is 5.32 Å². The van der Waals surface area contributed by atoms with Crippen LogP contribution in [0.1, 0.15) is 5.76 Å². The maximum absolute atomic E-state index is 13.1. The van der Waals surface area contributed by atoms with Crippen molar-refractivity contribution in [3.05, 3.63) is 58.5 Å². The highest BCUT2D eigenvalue weighted by Crippen LogP contribution is 2.13. The molecule has 27 heavy (non-hydrogen) atoms. The average molecular weight is 369 g/mol. The second-order valence-corrected chi connectivity index (χ2v) is 5.69. The first-order valence-electron chi connectivity index (χ1n) is 7.82. The third-order valence-corrected chi connectivity index (χ3v) is 3.72.